The van der Waals surface area contributed by atoms with Crippen LogP contribution in [0.25, 0.3) is 33.3 Å². The van der Waals surface area contributed by atoms with Crippen molar-refractivity contribution in [3.05, 3.63) is 92.0 Å². The van der Waals surface area contributed by atoms with Gasteiger partial charge in [0, 0.05) is 56.7 Å². The first-order valence-corrected chi connectivity index (χ1v) is 16.5. The van der Waals surface area contributed by atoms with Crippen LogP contribution < -0.4 is 21.3 Å². The SMILES string of the molecule is CCOC(=O)C1C2CN(Cc3ncc(-c4cccc(-c5cccc(Nc6nccc7c6c(=O)n(C)c(=O)n7C)c5C)c4Cl)nc3OC)CC21. The van der Waals surface area contributed by atoms with Gasteiger partial charge in [0.05, 0.1) is 42.1 Å². The molecule has 1 aliphatic carbocycles. The van der Waals surface area contributed by atoms with Crippen molar-refractivity contribution in [2.45, 2.75) is 20.4 Å². The Hall–Kier alpha value is -5.07. The van der Waals surface area contributed by atoms with E-state index >= 15 is 0 Å². The molecule has 252 valence electrons. The van der Waals surface area contributed by atoms with Crippen LogP contribution >= 0.6 is 11.6 Å². The molecule has 1 saturated carbocycles. The Kier molecular flexibility index (Phi) is 8.45. The molecule has 3 aromatic heterocycles. The van der Waals surface area contributed by atoms with Gasteiger partial charge in [0.15, 0.2) is 0 Å². The van der Waals surface area contributed by atoms with Crippen molar-refractivity contribution >= 4 is 40.0 Å². The standard InChI is InChI=1S/C36H36ClN7O5/c1-6-49-35(46)29-23-16-44(17-24(23)29)18-27-33(48-5)41-26(15-39-27)22-11-7-10-21(31(22)37)20-9-8-12-25(19(20)2)40-32-30-28(13-14-38-32)42(3)36(47)43(4)34(30)45/h7-15,23-24,29H,6,16-18H2,1-5H3,(H,38,40). The van der Waals surface area contributed by atoms with E-state index in [-0.39, 0.29) is 11.9 Å². The van der Waals surface area contributed by atoms with Gasteiger partial charge < -0.3 is 14.8 Å². The Labute approximate surface area is 287 Å². The summed E-state index contributed by atoms with van der Waals surface area (Å²) in [6.07, 6.45) is 3.28. The Balaban J connectivity index is 1.15. The molecule has 7 rings (SSSR count). The Bertz CT molecular complexity index is 2240. The number of aromatic nitrogens is 5. The average molecular weight is 682 g/mol. The lowest BCUT2D eigenvalue weighted by atomic mass is 9.96. The number of carbonyl (C=O) groups excluding carboxylic acids is 1. The number of hydrogen-bond acceptors (Lipinski definition) is 10. The van der Waals surface area contributed by atoms with E-state index in [0.717, 1.165) is 45.7 Å². The summed E-state index contributed by atoms with van der Waals surface area (Å²) >= 11 is 7.10. The van der Waals surface area contributed by atoms with Crippen LogP contribution in [0.2, 0.25) is 5.02 Å². The Morgan fingerprint density at radius 1 is 1.00 bits per heavy atom. The zero-order valence-electron chi connectivity index (χ0n) is 27.9. The Morgan fingerprint density at radius 3 is 2.45 bits per heavy atom. The minimum Gasteiger partial charge on any atom is -0.480 e. The van der Waals surface area contributed by atoms with Crippen molar-refractivity contribution in [3.63, 3.8) is 0 Å². The molecule has 49 heavy (non-hydrogen) atoms. The van der Waals surface area contributed by atoms with Gasteiger partial charge in [-0.15, -0.1) is 0 Å². The summed E-state index contributed by atoms with van der Waals surface area (Å²) in [6.45, 7) is 6.41. The van der Waals surface area contributed by atoms with Crippen molar-refractivity contribution in [1.29, 1.82) is 0 Å². The maximum Gasteiger partial charge on any atom is 0.330 e. The smallest absolute Gasteiger partial charge is 0.330 e. The van der Waals surface area contributed by atoms with E-state index in [1.54, 1.807) is 32.6 Å². The van der Waals surface area contributed by atoms with E-state index < -0.39 is 11.2 Å². The number of methoxy groups -OCH3 is 1. The third kappa shape index (κ3) is 5.64. The van der Waals surface area contributed by atoms with E-state index in [1.807, 2.05) is 50.2 Å². The molecule has 13 heteroatoms. The third-order valence-electron chi connectivity index (χ3n) is 9.74. The Morgan fingerprint density at radius 2 is 1.71 bits per heavy atom. The number of likely N-dealkylation sites (tertiary alicyclic amines) is 1. The predicted octanol–water partition coefficient (Wildman–Crippen LogP) is 4.71. The van der Waals surface area contributed by atoms with Crippen molar-refractivity contribution in [2.24, 2.45) is 31.8 Å². The molecule has 0 radical (unpaired) electrons. The number of ether oxygens (including phenoxy) is 2. The second-order valence-electron chi connectivity index (χ2n) is 12.5. The maximum absolute atomic E-state index is 13.1. The fourth-order valence-corrected chi connectivity index (χ4v) is 7.41. The molecule has 2 unspecified atom stereocenters. The number of aryl methyl sites for hydroxylation is 1. The zero-order valence-corrected chi connectivity index (χ0v) is 28.6. The van der Waals surface area contributed by atoms with Gasteiger partial charge in [0.25, 0.3) is 5.56 Å². The fraction of sp³-hybridized carbons (Fsp3) is 0.333. The quantitative estimate of drug-likeness (QED) is 0.218. The number of pyridine rings is 1. The van der Waals surface area contributed by atoms with Gasteiger partial charge in [-0.25, -0.2) is 14.8 Å². The van der Waals surface area contributed by atoms with E-state index in [4.69, 9.17) is 31.0 Å². The van der Waals surface area contributed by atoms with Gasteiger partial charge in [-0.3, -0.25) is 28.6 Å². The van der Waals surface area contributed by atoms with Crippen molar-refractivity contribution < 1.29 is 14.3 Å². The number of nitrogens with one attached hydrogen (secondary N) is 1. The highest BCUT2D eigenvalue weighted by atomic mass is 35.5. The highest BCUT2D eigenvalue weighted by Crippen LogP contribution is 2.52. The second-order valence-corrected chi connectivity index (χ2v) is 12.9. The van der Waals surface area contributed by atoms with Crippen molar-refractivity contribution in [3.8, 4) is 28.3 Å². The number of halogens is 1. The van der Waals surface area contributed by atoms with E-state index in [9.17, 15) is 14.4 Å². The maximum atomic E-state index is 13.1. The van der Waals surface area contributed by atoms with Crippen LogP contribution in [0, 0.1) is 24.7 Å². The molecule has 0 spiro atoms. The number of anilines is 2. The van der Waals surface area contributed by atoms with Gasteiger partial charge in [0.1, 0.15) is 16.9 Å². The summed E-state index contributed by atoms with van der Waals surface area (Å²) in [4.78, 5) is 54.1. The van der Waals surface area contributed by atoms with Crippen LogP contribution in [0.15, 0.2) is 64.4 Å². The summed E-state index contributed by atoms with van der Waals surface area (Å²) in [5, 5.41) is 4.15. The molecule has 2 fully saturated rings. The number of carbonyl (C=O) groups is 1. The topological polar surface area (TPSA) is 133 Å². The van der Waals surface area contributed by atoms with Gasteiger partial charge in [-0.2, -0.15) is 0 Å². The fourth-order valence-electron chi connectivity index (χ4n) is 7.09. The van der Waals surface area contributed by atoms with Crippen molar-refractivity contribution in [2.75, 3.05) is 32.1 Å². The van der Waals surface area contributed by atoms with Crippen molar-refractivity contribution in [1.82, 2.24) is 29.0 Å². The highest BCUT2D eigenvalue weighted by Gasteiger charge is 2.60. The first-order valence-electron chi connectivity index (χ1n) is 16.1. The predicted molar refractivity (Wildman–Crippen MR) is 187 cm³/mol. The molecule has 1 N–H and O–H groups in total. The third-order valence-corrected chi connectivity index (χ3v) is 10.1. The summed E-state index contributed by atoms with van der Waals surface area (Å²) in [6, 6.07) is 13.2. The number of benzene rings is 2. The molecule has 1 aliphatic heterocycles. The molecule has 12 nitrogen and oxygen atoms in total. The first-order chi connectivity index (χ1) is 23.6. The van der Waals surface area contributed by atoms with Gasteiger partial charge in [-0.05, 0) is 48.9 Å². The van der Waals surface area contributed by atoms with E-state index in [2.05, 4.69) is 15.2 Å². The van der Waals surface area contributed by atoms with Crippen LogP contribution in [-0.4, -0.2) is 61.8 Å². The lowest BCUT2D eigenvalue weighted by molar-refractivity contribution is -0.145. The molecule has 2 aromatic carbocycles. The summed E-state index contributed by atoms with van der Waals surface area (Å²) in [5.74, 6) is 1.38. The van der Waals surface area contributed by atoms with Gasteiger partial charge in [-0.1, -0.05) is 41.9 Å². The minimum absolute atomic E-state index is 0.0153. The summed E-state index contributed by atoms with van der Waals surface area (Å²) < 4.78 is 13.4. The van der Waals surface area contributed by atoms with Crippen LogP contribution in [0.1, 0.15) is 18.2 Å². The number of nitrogens with zero attached hydrogens (tertiary/aromatic N) is 6. The van der Waals surface area contributed by atoms with Gasteiger partial charge >= 0.3 is 11.7 Å². The lowest BCUT2D eigenvalue weighted by Gasteiger charge is -2.20. The second kappa shape index (κ2) is 12.8. The minimum atomic E-state index is -0.430. The molecule has 5 aromatic rings. The molecular formula is C36H36ClN7O5. The monoisotopic (exact) mass is 681 g/mol. The number of esters is 1. The molecular weight excluding hydrogens is 646 g/mol. The first kappa shape index (κ1) is 32.5. The van der Waals surface area contributed by atoms with Crippen LogP contribution in [0.3, 0.4) is 0 Å². The van der Waals surface area contributed by atoms with Gasteiger partial charge in [0.2, 0.25) is 5.88 Å². The van der Waals surface area contributed by atoms with E-state index in [1.165, 1.54) is 11.6 Å². The van der Waals surface area contributed by atoms with E-state index in [0.29, 0.717) is 63.9 Å². The summed E-state index contributed by atoms with van der Waals surface area (Å²) in [5.41, 5.74) is 4.93. The normalized spacial score (nSPS) is 18.4. The molecule has 1 saturated heterocycles. The summed E-state index contributed by atoms with van der Waals surface area (Å²) in [7, 11) is 4.66. The van der Waals surface area contributed by atoms with Crippen LogP contribution in [0.4, 0.5) is 11.5 Å². The number of rotatable bonds is 9. The molecule has 0 amide bonds. The highest BCUT2D eigenvalue weighted by molar-refractivity contribution is 6.36. The molecule has 2 aliphatic rings. The molecule has 4 heterocycles. The number of piperidine rings is 1. The largest absolute Gasteiger partial charge is 0.480 e. The zero-order chi connectivity index (χ0) is 34.6. The number of fused-ring (bicyclic) bond motifs is 2. The molecule has 0 bridgehead atoms. The lowest BCUT2D eigenvalue weighted by Crippen LogP contribution is -2.37. The van der Waals surface area contributed by atoms with Crippen LogP contribution in [0.5, 0.6) is 5.88 Å². The molecule has 2 atom stereocenters. The number of hydrogen-bond donors (Lipinski definition) is 1. The van der Waals surface area contributed by atoms with Crippen LogP contribution in [-0.2, 0) is 30.2 Å². The average Bonchev–Trinajstić information content (AvgIpc) is 3.62.